The maximum atomic E-state index is 11.8. The second-order valence-electron chi connectivity index (χ2n) is 9.78. The van der Waals surface area contributed by atoms with E-state index < -0.39 is 29.6 Å². The SMILES string of the molecule is C=C(C)C(=O)OC(C)COc1c(Br)cc(C(C)(C)c2cc(Br)c(OCC(C)OC(=O)C(=C)C)c(Br)c2)cc1Br. The molecule has 2 atom stereocenters. The summed E-state index contributed by atoms with van der Waals surface area (Å²) in [6.07, 6.45) is -0.888. The molecule has 2 aromatic carbocycles. The molecule has 0 aromatic heterocycles. The van der Waals surface area contributed by atoms with Crippen LogP contribution in [0.15, 0.2) is 66.5 Å². The first-order valence-electron chi connectivity index (χ1n) is 12.0. The lowest BCUT2D eigenvalue weighted by Crippen LogP contribution is -2.23. The maximum absolute atomic E-state index is 11.8. The van der Waals surface area contributed by atoms with Gasteiger partial charge in [0.05, 0.1) is 17.9 Å². The average molecular weight is 796 g/mol. The van der Waals surface area contributed by atoms with Crippen molar-refractivity contribution in [1.29, 1.82) is 0 Å². The Kier molecular flexibility index (Phi) is 12.3. The molecule has 0 saturated heterocycles. The molecule has 0 spiro atoms. The number of hydrogen-bond donors (Lipinski definition) is 0. The zero-order valence-electron chi connectivity index (χ0n) is 22.8. The summed E-state index contributed by atoms with van der Waals surface area (Å²) in [6, 6.07) is 8.03. The molecule has 2 rings (SSSR count). The molecule has 0 aliphatic carbocycles. The van der Waals surface area contributed by atoms with Crippen LogP contribution in [0.4, 0.5) is 0 Å². The van der Waals surface area contributed by atoms with Crippen LogP contribution in [0.3, 0.4) is 0 Å². The van der Waals surface area contributed by atoms with Crippen molar-refractivity contribution in [3.8, 4) is 11.5 Å². The summed E-state index contributed by atoms with van der Waals surface area (Å²) in [5.41, 5.74) is 2.34. The van der Waals surface area contributed by atoms with Crippen LogP contribution in [0.1, 0.15) is 52.7 Å². The number of halogens is 4. The first-order valence-corrected chi connectivity index (χ1v) is 15.2. The van der Waals surface area contributed by atoms with Gasteiger partial charge in [0.25, 0.3) is 0 Å². The van der Waals surface area contributed by atoms with Crippen molar-refractivity contribution < 1.29 is 28.5 Å². The van der Waals surface area contributed by atoms with E-state index in [1.54, 1.807) is 27.7 Å². The summed E-state index contributed by atoms with van der Waals surface area (Å²) in [5.74, 6) is 0.326. The van der Waals surface area contributed by atoms with Gasteiger partial charge in [-0.3, -0.25) is 0 Å². The molecule has 0 N–H and O–H groups in total. The standard InChI is InChI=1S/C29H32Br4O6/c1-15(2)27(34)38-17(5)13-36-25-21(30)9-19(10-22(25)31)29(7,8)20-11-23(32)26(24(33)12-20)37-14-18(6)39-28(35)16(3)4/h9-12,17-18H,1,3,13-14H2,2,4-8H3. The van der Waals surface area contributed by atoms with Crippen LogP contribution in [-0.2, 0) is 24.5 Å². The minimum Gasteiger partial charge on any atom is -0.487 e. The number of hydrogen-bond acceptors (Lipinski definition) is 6. The third kappa shape index (κ3) is 9.20. The molecule has 0 aliphatic heterocycles. The molecule has 0 saturated carbocycles. The summed E-state index contributed by atoms with van der Waals surface area (Å²) in [7, 11) is 0. The summed E-state index contributed by atoms with van der Waals surface area (Å²) < 4.78 is 25.5. The zero-order chi connectivity index (χ0) is 29.7. The number of benzene rings is 2. The number of esters is 2. The van der Waals surface area contributed by atoms with Gasteiger partial charge in [0.2, 0.25) is 0 Å². The first kappa shape index (κ1) is 33.6. The summed E-state index contributed by atoms with van der Waals surface area (Å²) in [4.78, 5) is 23.5. The number of rotatable bonds is 12. The summed E-state index contributed by atoms with van der Waals surface area (Å²) in [5, 5.41) is 0. The van der Waals surface area contributed by atoms with Crippen molar-refractivity contribution in [2.75, 3.05) is 13.2 Å². The van der Waals surface area contributed by atoms with Gasteiger partial charge in [-0.15, -0.1) is 0 Å². The normalized spacial score (nSPS) is 12.8. The molecule has 0 amide bonds. The molecule has 2 aromatic rings. The topological polar surface area (TPSA) is 71.1 Å². The van der Waals surface area contributed by atoms with E-state index in [9.17, 15) is 9.59 Å². The molecule has 0 fully saturated rings. The molecular formula is C29H32Br4O6. The predicted molar refractivity (Wildman–Crippen MR) is 168 cm³/mol. The quantitative estimate of drug-likeness (QED) is 0.158. The molecule has 10 heteroatoms. The van der Waals surface area contributed by atoms with Crippen LogP contribution in [0.5, 0.6) is 11.5 Å². The van der Waals surface area contributed by atoms with Gasteiger partial charge in [0, 0.05) is 16.6 Å². The van der Waals surface area contributed by atoms with Gasteiger partial charge in [-0.05, 0) is 127 Å². The van der Waals surface area contributed by atoms with Gasteiger partial charge in [-0.2, -0.15) is 0 Å². The van der Waals surface area contributed by atoms with Crippen LogP contribution in [-0.4, -0.2) is 37.4 Å². The third-order valence-corrected chi connectivity index (χ3v) is 8.03. The predicted octanol–water partition coefficient (Wildman–Crippen LogP) is 8.84. The van der Waals surface area contributed by atoms with Gasteiger partial charge in [0.15, 0.2) is 0 Å². The lowest BCUT2D eigenvalue weighted by Gasteiger charge is -2.28. The van der Waals surface area contributed by atoms with Crippen molar-refractivity contribution in [1.82, 2.24) is 0 Å². The Morgan fingerprint density at radius 3 is 1.26 bits per heavy atom. The zero-order valence-corrected chi connectivity index (χ0v) is 29.1. The Morgan fingerprint density at radius 2 is 1.00 bits per heavy atom. The van der Waals surface area contributed by atoms with Crippen molar-refractivity contribution in [2.24, 2.45) is 0 Å². The smallest absolute Gasteiger partial charge is 0.333 e. The number of carbonyl (C=O) groups excluding carboxylic acids is 2. The third-order valence-electron chi connectivity index (χ3n) is 5.68. The van der Waals surface area contributed by atoms with Gasteiger partial charge in [-0.1, -0.05) is 27.0 Å². The Labute approximate surface area is 264 Å². The van der Waals surface area contributed by atoms with Gasteiger partial charge >= 0.3 is 11.9 Å². The fraction of sp³-hybridized carbons (Fsp3) is 0.379. The van der Waals surface area contributed by atoms with Crippen molar-refractivity contribution in [2.45, 2.75) is 59.2 Å². The van der Waals surface area contributed by atoms with Crippen molar-refractivity contribution in [3.63, 3.8) is 0 Å². The molecule has 6 nitrogen and oxygen atoms in total. The molecule has 0 bridgehead atoms. The van der Waals surface area contributed by atoms with Crippen molar-refractivity contribution >= 4 is 75.7 Å². The van der Waals surface area contributed by atoms with E-state index in [-0.39, 0.29) is 13.2 Å². The molecule has 0 radical (unpaired) electrons. The highest BCUT2D eigenvalue weighted by Gasteiger charge is 2.28. The van der Waals surface area contributed by atoms with E-state index in [2.05, 4.69) is 90.7 Å². The average Bonchev–Trinajstić information content (AvgIpc) is 2.82. The number of carbonyl (C=O) groups is 2. The van der Waals surface area contributed by atoms with E-state index in [1.807, 2.05) is 24.3 Å². The number of ether oxygens (including phenoxy) is 4. The van der Waals surface area contributed by atoms with E-state index >= 15 is 0 Å². The second kappa shape index (κ2) is 14.3. The maximum Gasteiger partial charge on any atom is 0.333 e. The van der Waals surface area contributed by atoms with Crippen LogP contribution in [0.25, 0.3) is 0 Å². The highest BCUT2D eigenvalue weighted by atomic mass is 79.9. The monoisotopic (exact) mass is 792 g/mol. The Balaban J connectivity index is 2.21. The van der Waals surface area contributed by atoms with Crippen LogP contribution < -0.4 is 9.47 Å². The highest BCUT2D eigenvalue weighted by molar-refractivity contribution is 9.11. The van der Waals surface area contributed by atoms with Gasteiger partial charge in [0.1, 0.15) is 36.9 Å². The largest absolute Gasteiger partial charge is 0.487 e. The van der Waals surface area contributed by atoms with Crippen LogP contribution in [0.2, 0.25) is 0 Å². The highest BCUT2D eigenvalue weighted by Crippen LogP contribution is 2.44. The first-order chi connectivity index (χ1) is 18.0. The van der Waals surface area contributed by atoms with Gasteiger partial charge < -0.3 is 18.9 Å². The lowest BCUT2D eigenvalue weighted by atomic mass is 9.78. The molecule has 2 unspecified atom stereocenters. The second-order valence-corrected chi connectivity index (χ2v) is 13.2. The van der Waals surface area contributed by atoms with E-state index in [0.717, 1.165) is 29.0 Å². The molecule has 0 heterocycles. The fourth-order valence-electron chi connectivity index (χ4n) is 3.32. The van der Waals surface area contributed by atoms with E-state index in [0.29, 0.717) is 22.6 Å². The Morgan fingerprint density at radius 1 is 0.718 bits per heavy atom. The van der Waals surface area contributed by atoms with Crippen LogP contribution >= 0.6 is 63.7 Å². The molecule has 39 heavy (non-hydrogen) atoms. The minimum absolute atomic E-state index is 0.186. The van der Waals surface area contributed by atoms with Crippen molar-refractivity contribution in [3.05, 3.63) is 77.6 Å². The van der Waals surface area contributed by atoms with Gasteiger partial charge in [-0.25, -0.2) is 9.59 Å². The molecule has 212 valence electrons. The van der Waals surface area contributed by atoms with E-state index in [4.69, 9.17) is 18.9 Å². The minimum atomic E-state index is -0.448. The van der Waals surface area contributed by atoms with E-state index in [1.165, 1.54) is 0 Å². The molecule has 0 aliphatic rings. The Hall–Kier alpha value is -1.62. The Bertz CT molecular complexity index is 1130. The fourth-order valence-corrected chi connectivity index (χ4v) is 6.15. The lowest BCUT2D eigenvalue weighted by molar-refractivity contribution is -0.145. The molecular weight excluding hydrogens is 764 g/mol. The summed E-state index contributed by atoms with van der Waals surface area (Å²) in [6.45, 7) is 18.5. The summed E-state index contributed by atoms with van der Waals surface area (Å²) >= 11 is 14.5. The van der Waals surface area contributed by atoms with Crippen LogP contribution in [0, 0.1) is 0 Å².